The van der Waals surface area contributed by atoms with Crippen molar-refractivity contribution in [3.63, 3.8) is 0 Å². The van der Waals surface area contributed by atoms with Crippen LogP contribution in [0.25, 0.3) is 0 Å². The smallest absolute Gasteiger partial charge is 0.180 e. The van der Waals surface area contributed by atoms with E-state index in [9.17, 15) is 9.59 Å². The van der Waals surface area contributed by atoms with Gasteiger partial charge in [-0.1, -0.05) is 40.2 Å². The Morgan fingerprint density at radius 2 is 1.89 bits per heavy atom. The van der Waals surface area contributed by atoms with E-state index in [4.69, 9.17) is 0 Å². The van der Waals surface area contributed by atoms with E-state index in [1.165, 1.54) is 11.3 Å². The van der Waals surface area contributed by atoms with Crippen molar-refractivity contribution in [1.29, 1.82) is 0 Å². The number of thiophene rings is 1. The van der Waals surface area contributed by atoms with Gasteiger partial charge in [0.25, 0.3) is 0 Å². The predicted molar refractivity (Wildman–Crippen MR) is 76.1 cm³/mol. The van der Waals surface area contributed by atoms with Gasteiger partial charge < -0.3 is 0 Å². The summed E-state index contributed by atoms with van der Waals surface area (Å²) in [6.07, 6.45) is 0.264. The Hall–Kier alpha value is -1.26. The molecule has 0 bridgehead atoms. The molecule has 18 heavy (non-hydrogen) atoms. The quantitative estimate of drug-likeness (QED) is 0.618. The first kappa shape index (κ1) is 13.2. The lowest BCUT2D eigenvalue weighted by molar-refractivity contribution is -0.117. The first-order valence-electron chi connectivity index (χ1n) is 5.48. The van der Waals surface area contributed by atoms with Gasteiger partial charge >= 0.3 is 0 Å². The topological polar surface area (TPSA) is 34.1 Å². The highest BCUT2D eigenvalue weighted by atomic mass is 79.9. The van der Waals surface area contributed by atoms with Crippen LogP contribution in [-0.4, -0.2) is 11.6 Å². The Balaban J connectivity index is 1.98. The normalized spacial score (nSPS) is 10.3. The average Bonchev–Trinajstić information content (AvgIpc) is 2.85. The van der Waals surface area contributed by atoms with E-state index in [1.54, 1.807) is 6.07 Å². The van der Waals surface area contributed by atoms with E-state index in [-0.39, 0.29) is 18.0 Å². The van der Waals surface area contributed by atoms with Crippen molar-refractivity contribution in [3.8, 4) is 0 Å². The number of hydrogen-bond acceptors (Lipinski definition) is 3. The minimum absolute atomic E-state index is 0.0259. The first-order chi connectivity index (χ1) is 8.66. The Kier molecular flexibility index (Phi) is 4.44. The van der Waals surface area contributed by atoms with Crippen LogP contribution in [0.2, 0.25) is 0 Å². The van der Waals surface area contributed by atoms with Crippen molar-refractivity contribution in [1.82, 2.24) is 0 Å². The minimum Gasteiger partial charge on any atom is -0.299 e. The van der Waals surface area contributed by atoms with Crippen LogP contribution in [0.15, 0.2) is 46.3 Å². The zero-order valence-corrected chi connectivity index (χ0v) is 12.0. The largest absolute Gasteiger partial charge is 0.299 e. The van der Waals surface area contributed by atoms with Gasteiger partial charge in [-0.25, -0.2) is 0 Å². The van der Waals surface area contributed by atoms with Crippen LogP contribution < -0.4 is 0 Å². The van der Waals surface area contributed by atoms with Crippen LogP contribution in [-0.2, 0) is 11.2 Å². The van der Waals surface area contributed by atoms with E-state index in [1.807, 2.05) is 35.7 Å². The Labute approximate surface area is 118 Å². The van der Waals surface area contributed by atoms with Gasteiger partial charge in [-0.2, -0.15) is 0 Å². The Morgan fingerprint density at radius 1 is 1.11 bits per heavy atom. The van der Waals surface area contributed by atoms with E-state index < -0.39 is 0 Å². The average molecular weight is 323 g/mol. The van der Waals surface area contributed by atoms with Gasteiger partial charge in [0, 0.05) is 10.9 Å². The van der Waals surface area contributed by atoms with Crippen molar-refractivity contribution in [2.45, 2.75) is 12.8 Å². The summed E-state index contributed by atoms with van der Waals surface area (Å²) in [7, 11) is 0. The summed E-state index contributed by atoms with van der Waals surface area (Å²) >= 11 is 4.77. The molecule has 0 N–H and O–H groups in total. The molecule has 0 atom stereocenters. The first-order valence-corrected chi connectivity index (χ1v) is 7.16. The lowest BCUT2D eigenvalue weighted by atomic mass is 10.0. The van der Waals surface area contributed by atoms with Gasteiger partial charge in [0.15, 0.2) is 5.78 Å². The van der Waals surface area contributed by atoms with Gasteiger partial charge in [-0.3, -0.25) is 9.59 Å². The monoisotopic (exact) mass is 322 g/mol. The number of carbonyl (C=O) groups is 2. The van der Waals surface area contributed by atoms with Gasteiger partial charge in [-0.15, -0.1) is 11.3 Å². The molecule has 0 aliphatic rings. The lowest BCUT2D eigenvalue weighted by Gasteiger charge is -2.02. The molecule has 0 saturated heterocycles. The molecular formula is C14H11BrO2S. The molecule has 1 heterocycles. The standard InChI is InChI=1S/C14H11BrO2S/c15-12-5-2-1-4-10(12)8-11(16)9-13(17)14-6-3-7-18-14/h1-7H,8-9H2. The van der Waals surface area contributed by atoms with Crippen LogP contribution in [0.1, 0.15) is 21.7 Å². The summed E-state index contributed by atoms with van der Waals surface area (Å²) in [6.45, 7) is 0. The summed E-state index contributed by atoms with van der Waals surface area (Å²) in [4.78, 5) is 24.3. The van der Waals surface area contributed by atoms with Crippen molar-refractivity contribution in [3.05, 3.63) is 56.7 Å². The fourth-order valence-corrected chi connectivity index (χ4v) is 2.71. The molecule has 0 spiro atoms. The third-order valence-corrected chi connectivity index (χ3v) is 4.18. The van der Waals surface area contributed by atoms with Crippen LogP contribution >= 0.6 is 27.3 Å². The number of hydrogen-bond donors (Lipinski definition) is 0. The van der Waals surface area contributed by atoms with Crippen molar-refractivity contribution >= 4 is 38.8 Å². The summed E-state index contributed by atoms with van der Waals surface area (Å²) < 4.78 is 0.905. The molecular weight excluding hydrogens is 312 g/mol. The summed E-state index contributed by atoms with van der Waals surface area (Å²) in [5, 5.41) is 1.84. The van der Waals surface area contributed by atoms with Crippen LogP contribution in [0, 0.1) is 0 Å². The Morgan fingerprint density at radius 3 is 2.56 bits per heavy atom. The number of rotatable bonds is 5. The second kappa shape index (κ2) is 6.07. The predicted octanol–water partition coefficient (Wildman–Crippen LogP) is 3.90. The van der Waals surface area contributed by atoms with Crippen LogP contribution in [0.5, 0.6) is 0 Å². The molecule has 0 fully saturated rings. The van der Waals surface area contributed by atoms with Gasteiger partial charge in [0.05, 0.1) is 11.3 Å². The third-order valence-electron chi connectivity index (χ3n) is 2.50. The van der Waals surface area contributed by atoms with E-state index in [0.717, 1.165) is 10.0 Å². The SMILES string of the molecule is O=C(CC(=O)c1cccs1)Cc1ccccc1Br. The minimum atomic E-state index is -0.0953. The number of ketones is 2. The fourth-order valence-electron chi connectivity index (χ4n) is 1.62. The highest BCUT2D eigenvalue weighted by Gasteiger charge is 2.13. The number of halogens is 1. The molecule has 0 amide bonds. The van der Waals surface area contributed by atoms with Crippen molar-refractivity contribution in [2.75, 3.05) is 0 Å². The number of benzene rings is 1. The molecule has 2 aromatic rings. The number of carbonyl (C=O) groups excluding carboxylic acids is 2. The second-order valence-corrected chi connectivity index (χ2v) is 5.69. The summed E-state index contributed by atoms with van der Waals surface area (Å²) in [5.74, 6) is -0.151. The molecule has 4 heteroatoms. The van der Waals surface area contributed by atoms with Gasteiger partial charge in [0.2, 0.25) is 0 Å². The van der Waals surface area contributed by atoms with Crippen LogP contribution in [0.4, 0.5) is 0 Å². The summed E-state index contributed by atoms with van der Waals surface area (Å²) in [6, 6.07) is 11.1. The Bertz CT molecular complexity index is 561. The number of Topliss-reactive ketones (excluding diaryl/α,β-unsaturated/α-hetero) is 2. The lowest BCUT2D eigenvalue weighted by Crippen LogP contribution is -2.09. The molecule has 0 saturated carbocycles. The molecule has 0 aliphatic carbocycles. The van der Waals surface area contributed by atoms with Crippen LogP contribution in [0.3, 0.4) is 0 Å². The van der Waals surface area contributed by atoms with E-state index in [2.05, 4.69) is 15.9 Å². The maximum Gasteiger partial charge on any atom is 0.180 e. The molecule has 2 rings (SSSR count). The van der Waals surface area contributed by atoms with E-state index in [0.29, 0.717) is 11.3 Å². The van der Waals surface area contributed by atoms with Crippen molar-refractivity contribution in [2.24, 2.45) is 0 Å². The maximum absolute atomic E-state index is 11.8. The molecule has 1 aromatic heterocycles. The molecule has 2 nitrogen and oxygen atoms in total. The second-order valence-electron chi connectivity index (χ2n) is 3.88. The molecule has 0 aliphatic heterocycles. The molecule has 0 radical (unpaired) electrons. The third kappa shape index (κ3) is 3.37. The highest BCUT2D eigenvalue weighted by molar-refractivity contribution is 9.10. The van der Waals surface area contributed by atoms with Gasteiger partial charge in [0.1, 0.15) is 5.78 Å². The summed E-state index contributed by atoms with van der Waals surface area (Å²) in [5.41, 5.74) is 0.918. The highest BCUT2D eigenvalue weighted by Crippen LogP contribution is 2.18. The maximum atomic E-state index is 11.8. The van der Waals surface area contributed by atoms with Gasteiger partial charge in [-0.05, 0) is 23.1 Å². The zero-order chi connectivity index (χ0) is 13.0. The molecule has 0 unspecified atom stereocenters. The molecule has 1 aromatic carbocycles. The molecule has 92 valence electrons. The fraction of sp³-hybridized carbons (Fsp3) is 0.143. The van der Waals surface area contributed by atoms with E-state index >= 15 is 0 Å². The zero-order valence-electron chi connectivity index (χ0n) is 9.56. The van der Waals surface area contributed by atoms with Crippen molar-refractivity contribution < 1.29 is 9.59 Å².